The van der Waals surface area contributed by atoms with Crippen molar-refractivity contribution in [2.24, 2.45) is 0 Å². The van der Waals surface area contributed by atoms with Crippen molar-refractivity contribution in [3.8, 4) is 5.69 Å². The highest BCUT2D eigenvalue weighted by Gasteiger charge is 2.12. The lowest BCUT2D eigenvalue weighted by Crippen LogP contribution is -2.06. The van der Waals surface area contributed by atoms with Crippen molar-refractivity contribution in [1.82, 2.24) is 15.0 Å². The number of rotatable bonds is 4. The summed E-state index contributed by atoms with van der Waals surface area (Å²) in [5.41, 5.74) is 1.78. The Labute approximate surface area is 132 Å². The third kappa shape index (κ3) is 3.15. The maximum atomic E-state index is 12.0. The van der Waals surface area contributed by atoms with Gasteiger partial charge in [-0.25, -0.2) is 9.48 Å². The van der Waals surface area contributed by atoms with Crippen molar-refractivity contribution in [3.05, 3.63) is 77.1 Å². The summed E-state index contributed by atoms with van der Waals surface area (Å²) in [7, 11) is 0. The van der Waals surface area contributed by atoms with E-state index in [4.69, 9.17) is 16.3 Å². The maximum Gasteiger partial charge on any atom is 0.340 e. The van der Waals surface area contributed by atoms with Gasteiger partial charge in [0.1, 0.15) is 12.3 Å². The van der Waals surface area contributed by atoms with Gasteiger partial charge in [-0.05, 0) is 24.3 Å². The molecule has 1 aromatic heterocycles. The Bertz CT molecular complexity index is 787. The van der Waals surface area contributed by atoms with Gasteiger partial charge in [0, 0.05) is 0 Å². The van der Waals surface area contributed by atoms with Gasteiger partial charge in [-0.15, -0.1) is 5.10 Å². The summed E-state index contributed by atoms with van der Waals surface area (Å²) in [5, 5.41) is 8.35. The first kappa shape index (κ1) is 14.3. The third-order valence-electron chi connectivity index (χ3n) is 3.01. The molecule has 0 unspecified atom stereocenters. The minimum Gasteiger partial charge on any atom is -0.455 e. The number of esters is 1. The zero-order valence-electron chi connectivity index (χ0n) is 11.5. The first-order valence-electron chi connectivity index (χ1n) is 6.62. The van der Waals surface area contributed by atoms with Crippen molar-refractivity contribution in [2.45, 2.75) is 6.61 Å². The number of carbonyl (C=O) groups is 1. The van der Waals surface area contributed by atoms with Gasteiger partial charge in [-0.3, -0.25) is 0 Å². The molecule has 0 amide bonds. The second-order valence-electron chi connectivity index (χ2n) is 4.55. The van der Waals surface area contributed by atoms with Crippen LogP contribution in [-0.4, -0.2) is 21.0 Å². The quantitative estimate of drug-likeness (QED) is 0.694. The first-order valence-corrected chi connectivity index (χ1v) is 7.00. The number of para-hydroxylation sites is 1. The molecule has 0 atom stereocenters. The van der Waals surface area contributed by atoms with E-state index in [2.05, 4.69) is 10.3 Å². The summed E-state index contributed by atoms with van der Waals surface area (Å²) in [6.07, 6.45) is 1.72. The number of hydrogen-bond donors (Lipinski definition) is 0. The molecule has 0 spiro atoms. The predicted molar refractivity (Wildman–Crippen MR) is 81.9 cm³/mol. The normalized spacial score (nSPS) is 10.4. The van der Waals surface area contributed by atoms with Crippen LogP contribution < -0.4 is 0 Å². The summed E-state index contributed by atoms with van der Waals surface area (Å²) in [4.78, 5) is 12.0. The van der Waals surface area contributed by atoms with Crippen LogP contribution >= 0.6 is 11.6 Å². The SMILES string of the molecule is O=C(OCc1cn(-c2ccccc2)nn1)c1ccccc1Cl. The number of carbonyl (C=O) groups excluding carboxylic acids is 1. The molecule has 0 aliphatic rings. The van der Waals surface area contributed by atoms with Crippen LogP contribution in [0.3, 0.4) is 0 Å². The molecule has 0 saturated heterocycles. The number of aromatic nitrogens is 3. The van der Waals surface area contributed by atoms with Crippen LogP contribution in [0.1, 0.15) is 16.1 Å². The van der Waals surface area contributed by atoms with E-state index < -0.39 is 5.97 Å². The Balaban J connectivity index is 1.67. The minimum atomic E-state index is -0.486. The highest BCUT2D eigenvalue weighted by atomic mass is 35.5. The zero-order valence-corrected chi connectivity index (χ0v) is 12.3. The number of halogens is 1. The number of ether oxygens (including phenoxy) is 1. The molecule has 3 aromatic rings. The predicted octanol–water partition coefficient (Wildman–Crippen LogP) is 3.28. The Morgan fingerprint density at radius 1 is 1.09 bits per heavy atom. The highest BCUT2D eigenvalue weighted by Crippen LogP contribution is 2.16. The molecule has 1 heterocycles. The average molecular weight is 314 g/mol. The van der Waals surface area contributed by atoms with E-state index in [0.717, 1.165) is 5.69 Å². The smallest absolute Gasteiger partial charge is 0.340 e. The molecule has 0 N–H and O–H groups in total. The van der Waals surface area contributed by atoms with Gasteiger partial charge in [0.2, 0.25) is 0 Å². The van der Waals surface area contributed by atoms with Crippen LogP contribution in [0.5, 0.6) is 0 Å². The van der Waals surface area contributed by atoms with Gasteiger partial charge in [0.15, 0.2) is 0 Å². The standard InChI is InChI=1S/C16H12ClN3O2/c17-15-9-5-4-8-14(15)16(21)22-11-12-10-20(19-18-12)13-6-2-1-3-7-13/h1-10H,11H2. The molecule has 0 aliphatic carbocycles. The molecule has 3 rings (SSSR count). The molecule has 0 fully saturated rings. The van der Waals surface area contributed by atoms with Gasteiger partial charge in [0.25, 0.3) is 0 Å². The van der Waals surface area contributed by atoms with Gasteiger partial charge in [-0.1, -0.05) is 47.1 Å². The summed E-state index contributed by atoms with van der Waals surface area (Å²) in [6.45, 7) is 0.0386. The lowest BCUT2D eigenvalue weighted by molar-refractivity contribution is 0.0468. The largest absolute Gasteiger partial charge is 0.455 e. The molecular weight excluding hydrogens is 302 g/mol. The molecule has 0 radical (unpaired) electrons. The second kappa shape index (κ2) is 6.41. The van der Waals surface area contributed by atoms with E-state index in [1.54, 1.807) is 35.1 Å². The molecule has 5 nitrogen and oxygen atoms in total. The second-order valence-corrected chi connectivity index (χ2v) is 4.95. The third-order valence-corrected chi connectivity index (χ3v) is 3.34. The molecular formula is C16H12ClN3O2. The number of benzene rings is 2. The van der Waals surface area contributed by atoms with Crippen LogP contribution in [-0.2, 0) is 11.3 Å². The molecule has 0 aliphatic heterocycles. The fourth-order valence-corrected chi connectivity index (χ4v) is 2.13. The molecule has 6 heteroatoms. The summed E-state index contributed by atoms with van der Waals surface area (Å²) < 4.78 is 6.83. The van der Waals surface area contributed by atoms with Crippen LogP contribution in [0.15, 0.2) is 60.8 Å². The van der Waals surface area contributed by atoms with Crippen LogP contribution in [0.25, 0.3) is 5.69 Å². The van der Waals surface area contributed by atoms with Gasteiger partial charge < -0.3 is 4.74 Å². The average Bonchev–Trinajstić information content (AvgIpc) is 3.03. The maximum absolute atomic E-state index is 12.0. The first-order chi connectivity index (χ1) is 10.7. The Morgan fingerprint density at radius 2 is 1.82 bits per heavy atom. The van der Waals surface area contributed by atoms with E-state index in [1.165, 1.54) is 0 Å². The van der Waals surface area contributed by atoms with E-state index in [1.807, 2.05) is 30.3 Å². The lowest BCUT2D eigenvalue weighted by Gasteiger charge is -2.03. The summed E-state index contributed by atoms with van der Waals surface area (Å²) in [6, 6.07) is 16.3. The minimum absolute atomic E-state index is 0.0386. The lowest BCUT2D eigenvalue weighted by atomic mass is 10.2. The fraction of sp³-hybridized carbons (Fsp3) is 0.0625. The van der Waals surface area contributed by atoms with Crippen molar-refractivity contribution in [2.75, 3.05) is 0 Å². The van der Waals surface area contributed by atoms with Crippen molar-refractivity contribution in [1.29, 1.82) is 0 Å². The Hall–Kier alpha value is -2.66. The topological polar surface area (TPSA) is 57.0 Å². The summed E-state index contributed by atoms with van der Waals surface area (Å²) in [5.74, 6) is -0.486. The van der Waals surface area contributed by atoms with Gasteiger partial charge in [0.05, 0.1) is 22.5 Å². The van der Waals surface area contributed by atoms with Crippen LogP contribution in [0.4, 0.5) is 0 Å². The van der Waals surface area contributed by atoms with Crippen molar-refractivity contribution >= 4 is 17.6 Å². The monoisotopic (exact) mass is 313 g/mol. The van der Waals surface area contributed by atoms with Crippen LogP contribution in [0.2, 0.25) is 5.02 Å². The Morgan fingerprint density at radius 3 is 2.59 bits per heavy atom. The fourth-order valence-electron chi connectivity index (χ4n) is 1.92. The summed E-state index contributed by atoms with van der Waals surface area (Å²) >= 11 is 5.95. The molecule has 110 valence electrons. The molecule has 22 heavy (non-hydrogen) atoms. The number of nitrogens with zero attached hydrogens (tertiary/aromatic N) is 3. The molecule has 0 bridgehead atoms. The highest BCUT2D eigenvalue weighted by molar-refractivity contribution is 6.33. The van der Waals surface area contributed by atoms with E-state index in [-0.39, 0.29) is 6.61 Å². The van der Waals surface area contributed by atoms with Crippen molar-refractivity contribution in [3.63, 3.8) is 0 Å². The van der Waals surface area contributed by atoms with Gasteiger partial charge >= 0.3 is 5.97 Å². The van der Waals surface area contributed by atoms with Gasteiger partial charge in [-0.2, -0.15) is 0 Å². The van der Waals surface area contributed by atoms with E-state index >= 15 is 0 Å². The molecule has 2 aromatic carbocycles. The Kier molecular flexibility index (Phi) is 4.16. The van der Waals surface area contributed by atoms with Crippen molar-refractivity contribution < 1.29 is 9.53 Å². The van der Waals surface area contributed by atoms with Crippen LogP contribution in [0, 0.1) is 0 Å². The van der Waals surface area contributed by atoms with E-state index in [0.29, 0.717) is 16.3 Å². The number of hydrogen-bond acceptors (Lipinski definition) is 4. The molecule has 0 saturated carbocycles. The zero-order chi connectivity index (χ0) is 15.4. The van der Waals surface area contributed by atoms with E-state index in [9.17, 15) is 4.79 Å².